The number of carbonyl (C=O) groups excluding carboxylic acids is 2. The van der Waals surface area contributed by atoms with Crippen LogP contribution in [-0.4, -0.2) is 32.0 Å². The van der Waals surface area contributed by atoms with E-state index in [4.69, 9.17) is 27.6 Å². The van der Waals surface area contributed by atoms with Crippen LogP contribution >= 0.6 is 23.2 Å². The monoisotopic (exact) mass is 461 g/mol. The highest BCUT2D eigenvalue weighted by molar-refractivity contribution is 6.36. The molecule has 3 amide bonds. The number of nitro groups is 1. The summed E-state index contributed by atoms with van der Waals surface area (Å²) in [5.74, 6) is -0.421. The number of urea groups is 1. The predicted molar refractivity (Wildman–Crippen MR) is 109 cm³/mol. The zero-order valence-electron chi connectivity index (χ0n) is 15.8. The summed E-state index contributed by atoms with van der Waals surface area (Å²) in [4.78, 5) is 36.7. The second kappa shape index (κ2) is 7.64. The van der Waals surface area contributed by atoms with Crippen LogP contribution in [0.1, 0.15) is 18.4 Å². The number of benzene rings is 2. The molecule has 1 atom stereocenters. The zero-order chi connectivity index (χ0) is 22.3. The number of amides is 3. The minimum Gasteiger partial charge on any atom is -0.419 e. The minimum atomic E-state index is -1.39. The van der Waals surface area contributed by atoms with Gasteiger partial charge in [-0.1, -0.05) is 23.2 Å². The number of nitro benzene ring substituents is 1. The van der Waals surface area contributed by atoms with Crippen LogP contribution in [0.2, 0.25) is 10.0 Å². The topological polar surface area (TPSA) is 131 Å². The Labute approximate surface area is 184 Å². The molecular formula is C19H13Cl2N5O5. The third-order valence-electron chi connectivity index (χ3n) is 4.85. The normalized spacial score (nSPS) is 18.4. The maximum Gasteiger partial charge on any atom is 0.325 e. The Kier molecular flexibility index (Phi) is 5.11. The van der Waals surface area contributed by atoms with Crippen molar-refractivity contribution in [2.75, 3.05) is 0 Å². The van der Waals surface area contributed by atoms with Crippen molar-refractivity contribution in [1.82, 2.24) is 20.4 Å². The summed E-state index contributed by atoms with van der Waals surface area (Å²) < 4.78 is 5.57. The molecule has 0 aliphatic carbocycles. The van der Waals surface area contributed by atoms with Crippen molar-refractivity contribution < 1.29 is 18.9 Å². The first-order valence-electron chi connectivity index (χ1n) is 8.86. The highest BCUT2D eigenvalue weighted by atomic mass is 35.5. The van der Waals surface area contributed by atoms with E-state index in [1.54, 1.807) is 12.1 Å². The van der Waals surface area contributed by atoms with E-state index in [9.17, 15) is 19.7 Å². The van der Waals surface area contributed by atoms with Gasteiger partial charge in [-0.15, -0.1) is 10.2 Å². The van der Waals surface area contributed by atoms with Gasteiger partial charge in [0.1, 0.15) is 12.1 Å². The SMILES string of the molecule is CC1(c2ccc([N+](=O)[O-])cc2)NC(=O)N(Cc2nnc(-c3ccc(Cl)cc3Cl)o2)C1=O. The molecule has 1 aliphatic heterocycles. The quantitative estimate of drug-likeness (QED) is 0.345. The summed E-state index contributed by atoms with van der Waals surface area (Å²) in [6, 6.07) is 9.47. The lowest BCUT2D eigenvalue weighted by Crippen LogP contribution is -2.40. The second-order valence-corrected chi connectivity index (χ2v) is 7.72. The van der Waals surface area contributed by atoms with Crippen molar-refractivity contribution in [3.8, 4) is 11.5 Å². The number of nitrogens with zero attached hydrogens (tertiary/aromatic N) is 4. The Balaban J connectivity index is 1.56. The molecule has 10 nitrogen and oxygen atoms in total. The second-order valence-electron chi connectivity index (χ2n) is 6.88. The van der Waals surface area contributed by atoms with Gasteiger partial charge < -0.3 is 9.73 Å². The average molecular weight is 462 g/mol. The van der Waals surface area contributed by atoms with Crippen molar-refractivity contribution in [3.05, 3.63) is 74.1 Å². The predicted octanol–water partition coefficient (Wildman–Crippen LogP) is 3.92. The number of nitrogens with one attached hydrogen (secondary N) is 1. The molecular weight excluding hydrogens is 449 g/mol. The number of aromatic nitrogens is 2. The molecule has 1 aliphatic rings. The Morgan fingerprint density at radius 3 is 2.52 bits per heavy atom. The van der Waals surface area contributed by atoms with Gasteiger partial charge in [-0.3, -0.25) is 19.8 Å². The van der Waals surface area contributed by atoms with Gasteiger partial charge in [0.15, 0.2) is 0 Å². The van der Waals surface area contributed by atoms with Crippen LogP contribution in [0.15, 0.2) is 46.9 Å². The van der Waals surface area contributed by atoms with Gasteiger partial charge in [0.25, 0.3) is 11.6 Å². The Morgan fingerprint density at radius 2 is 1.87 bits per heavy atom. The number of hydrogen-bond donors (Lipinski definition) is 1. The lowest BCUT2D eigenvalue weighted by Gasteiger charge is -2.21. The van der Waals surface area contributed by atoms with Crippen LogP contribution in [0.4, 0.5) is 10.5 Å². The van der Waals surface area contributed by atoms with Crippen LogP contribution in [0.25, 0.3) is 11.5 Å². The van der Waals surface area contributed by atoms with Gasteiger partial charge in [0.05, 0.1) is 15.5 Å². The highest BCUT2D eigenvalue weighted by Gasteiger charge is 2.49. The van der Waals surface area contributed by atoms with E-state index in [-0.39, 0.29) is 24.0 Å². The molecule has 12 heteroatoms. The zero-order valence-corrected chi connectivity index (χ0v) is 17.3. The summed E-state index contributed by atoms with van der Waals surface area (Å²) in [6.07, 6.45) is 0. The molecule has 1 aromatic heterocycles. The van der Waals surface area contributed by atoms with Crippen molar-refractivity contribution >= 4 is 40.8 Å². The smallest absolute Gasteiger partial charge is 0.325 e. The van der Waals surface area contributed by atoms with E-state index in [1.165, 1.54) is 37.3 Å². The minimum absolute atomic E-state index is 0.0254. The molecule has 0 spiro atoms. The standard InChI is InChI=1S/C19H13Cl2N5O5/c1-19(10-2-5-12(6-3-10)26(29)30)17(27)25(18(28)22-19)9-15-23-24-16(31-15)13-7-4-11(20)8-14(13)21/h2-8H,9H2,1H3,(H,22,28). The summed E-state index contributed by atoms with van der Waals surface area (Å²) in [7, 11) is 0. The van der Waals surface area contributed by atoms with Crippen LogP contribution in [0.3, 0.4) is 0 Å². The van der Waals surface area contributed by atoms with Gasteiger partial charge in [0.2, 0.25) is 11.8 Å². The molecule has 1 unspecified atom stereocenters. The van der Waals surface area contributed by atoms with Crippen molar-refractivity contribution in [2.45, 2.75) is 19.0 Å². The maximum absolute atomic E-state index is 13.0. The molecule has 1 fully saturated rings. The number of imide groups is 1. The summed E-state index contributed by atoms with van der Waals surface area (Å²) in [5, 5.41) is 22.0. The molecule has 31 heavy (non-hydrogen) atoms. The molecule has 1 N–H and O–H groups in total. The largest absolute Gasteiger partial charge is 0.419 e. The number of carbonyl (C=O) groups is 2. The summed E-state index contributed by atoms with van der Waals surface area (Å²) in [5.41, 5.74) is -0.662. The first kappa shape index (κ1) is 20.8. The van der Waals surface area contributed by atoms with E-state index in [0.717, 1.165) is 4.90 Å². The van der Waals surface area contributed by atoms with E-state index in [2.05, 4.69) is 15.5 Å². The summed E-state index contributed by atoms with van der Waals surface area (Å²) in [6.45, 7) is 1.26. The average Bonchev–Trinajstić information content (AvgIpc) is 3.27. The molecule has 0 bridgehead atoms. The molecule has 0 saturated carbocycles. The van der Waals surface area contributed by atoms with E-state index in [1.807, 2.05) is 0 Å². The van der Waals surface area contributed by atoms with Gasteiger partial charge in [-0.2, -0.15) is 0 Å². The maximum atomic E-state index is 13.0. The fraction of sp³-hybridized carbons (Fsp3) is 0.158. The van der Waals surface area contributed by atoms with Gasteiger partial charge >= 0.3 is 6.03 Å². The third kappa shape index (κ3) is 3.71. The van der Waals surface area contributed by atoms with Gasteiger partial charge in [-0.05, 0) is 42.8 Å². The Bertz CT molecular complexity index is 1210. The number of non-ortho nitro benzene ring substituents is 1. The number of halogens is 2. The van der Waals surface area contributed by atoms with Crippen molar-refractivity contribution in [2.24, 2.45) is 0 Å². The van der Waals surface area contributed by atoms with Crippen LogP contribution < -0.4 is 5.32 Å². The van der Waals surface area contributed by atoms with E-state index >= 15 is 0 Å². The van der Waals surface area contributed by atoms with Gasteiger partial charge in [-0.25, -0.2) is 4.79 Å². The lowest BCUT2D eigenvalue weighted by atomic mass is 9.92. The number of hydrogen-bond acceptors (Lipinski definition) is 7. The molecule has 2 heterocycles. The molecule has 158 valence electrons. The summed E-state index contributed by atoms with van der Waals surface area (Å²) >= 11 is 12.0. The Morgan fingerprint density at radius 1 is 1.16 bits per heavy atom. The number of rotatable bonds is 5. The molecule has 4 rings (SSSR count). The van der Waals surface area contributed by atoms with Crippen LogP contribution in [-0.2, 0) is 16.9 Å². The first-order chi connectivity index (χ1) is 14.7. The lowest BCUT2D eigenvalue weighted by molar-refractivity contribution is -0.384. The fourth-order valence-corrected chi connectivity index (χ4v) is 3.67. The van der Waals surface area contributed by atoms with E-state index in [0.29, 0.717) is 21.2 Å². The van der Waals surface area contributed by atoms with Gasteiger partial charge in [0, 0.05) is 17.2 Å². The highest BCUT2D eigenvalue weighted by Crippen LogP contribution is 2.32. The molecule has 0 radical (unpaired) electrons. The fourth-order valence-electron chi connectivity index (χ4n) is 3.18. The first-order valence-corrected chi connectivity index (χ1v) is 9.61. The Hall–Kier alpha value is -3.50. The molecule has 1 saturated heterocycles. The third-order valence-corrected chi connectivity index (χ3v) is 5.40. The van der Waals surface area contributed by atoms with Crippen molar-refractivity contribution in [3.63, 3.8) is 0 Å². The molecule has 2 aromatic carbocycles. The molecule has 3 aromatic rings. The van der Waals surface area contributed by atoms with Crippen molar-refractivity contribution in [1.29, 1.82) is 0 Å². The van der Waals surface area contributed by atoms with E-state index < -0.39 is 22.4 Å². The van der Waals surface area contributed by atoms with Crippen LogP contribution in [0, 0.1) is 10.1 Å². The van der Waals surface area contributed by atoms with Crippen LogP contribution in [0.5, 0.6) is 0 Å².